The van der Waals surface area contributed by atoms with Crippen molar-refractivity contribution in [3.05, 3.63) is 12.7 Å². The van der Waals surface area contributed by atoms with Crippen molar-refractivity contribution in [3.63, 3.8) is 0 Å². The van der Waals surface area contributed by atoms with Gasteiger partial charge in [0.15, 0.2) is 6.04 Å². The van der Waals surface area contributed by atoms with Gasteiger partial charge < -0.3 is 14.6 Å². The van der Waals surface area contributed by atoms with Crippen molar-refractivity contribution in [1.82, 2.24) is 4.90 Å². The van der Waals surface area contributed by atoms with Crippen LogP contribution in [0.4, 0.5) is 4.79 Å². The molecule has 1 unspecified atom stereocenters. The van der Waals surface area contributed by atoms with Crippen LogP contribution in [0, 0.1) is 0 Å². The van der Waals surface area contributed by atoms with E-state index in [-0.39, 0.29) is 18.8 Å². The van der Waals surface area contributed by atoms with Gasteiger partial charge in [-0.05, 0) is 19.3 Å². The molecule has 1 heterocycles. The number of carbonyl (C=O) groups excluding carboxylic acids is 1. The second-order valence-electron chi connectivity index (χ2n) is 4.70. The van der Waals surface area contributed by atoms with Gasteiger partial charge in [0.2, 0.25) is 0 Å². The normalized spacial score (nSPS) is 25.3. The molecule has 0 aromatic carbocycles. The molecule has 0 aromatic rings. The smallest absolute Gasteiger partial charge is 0.411 e. The lowest BCUT2D eigenvalue weighted by atomic mass is 9.78. The summed E-state index contributed by atoms with van der Waals surface area (Å²) >= 11 is 0. The Balaban J connectivity index is 2.06. The van der Waals surface area contributed by atoms with Crippen LogP contribution in [-0.4, -0.2) is 53.5 Å². The number of nitrogens with zero attached hydrogens (tertiary/aromatic N) is 1. The molecule has 2 rings (SSSR count). The zero-order chi connectivity index (χ0) is 13.2. The first-order valence-electron chi connectivity index (χ1n) is 5.99. The summed E-state index contributed by atoms with van der Waals surface area (Å²) in [6.07, 6.45) is 3.62. The second-order valence-corrected chi connectivity index (χ2v) is 4.70. The number of carbonyl (C=O) groups is 2. The van der Waals surface area contributed by atoms with Crippen molar-refractivity contribution in [1.29, 1.82) is 0 Å². The molecule has 2 fully saturated rings. The molecule has 6 nitrogen and oxygen atoms in total. The van der Waals surface area contributed by atoms with Crippen molar-refractivity contribution in [3.8, 4) is 0 Å². The van der Waals surface area contributed by atoms with Crippen molar-refractivity contribution < 1.29 is 24.2 Å². The standard InChI is InChI=1S/C12H17NO5/c1-2-6-17-11(16)13-8-12(4-3-5-12)18-7-9(13)10(14)15/h2,9H,1,3-8H2,(H,14,15). The SMILES string of the molecule is C=CCOC(=O)N1CC2(CCC2)OCC1C(=O)O. The van der Waals surface area contributed by atoms with Crippen LogP contribution < -0.4 is 0 Å². The highest BCUT2D eigenvalue weighted by atomic mass is 16.6. The van der Waals surface area contributed by atoms with Gasteiger partial charge >= 0.3 is 12.1 Å². The van der Waals surface area contributed by atoms with E-state index >= 15 is 0 Å². The molecule has 0 radical (unpaired) electrons. The van der Waals surface area contributed by atoms with Gasteiger partial charge in [-0.3, -0.25) is 4.90 Å². The predicted octanol–water partition coefficient (Wildman–Crippen LogP) is 1.02. The fourth-order valence-electron chi connectivity index (χ4n) is 2.30. The number of aliphatic carboxylic acids is 1. The van der Waals surface area contributed by atoms with E-state index < -0.39 is 18.1 Å². The van der Waals surface area contributed by atoms with Gasteiger partial charge in [0.25, 0.3) is 0 Å². The number of rotatable bonds is 3. The van der Waals surface area contributed by atoms with Gasteiger partial charge in [-0.25, -0.2) is 9.59 Å². The van der Waals surface area contributed by atoms with Crippen LogP contribution in [-0.2, 0) is 14.3 Å². The molecule has 0 bridgehead atoms. The summed E-state index contributed by atoms with van der Waals surface area (Å²) in [7, 11) is 0. The van der Waals surface area contributed by atoms with Gasteiger partial charge in [0, 0.05) is 0 Å². The van der Waals surface area contributed by atoms with Crippen LogP contribution in [0.2, 0.25) is 0 Å². The fraction of sp³-hybridized carbons (Fsp3) is 0.667. The molecule has 1 N–H and O–H groups in total. The lowest BCUT2D eigenvalue weighted by molar-refractivity contribution is -0.180. The molecule has 2 aliphatic rings. The Labute approximate surface area is 105 Å². The Hall–Kier alpha value is -1.56. The number of ether oxygens (including phenoxy) is 2. The average molecular weight is 255 g/mol. The third kappa shape index (κ3) is 2.33. The lowest BCUT2D eigenvalue weighted by Gasteiger charge is -2.49. The summed E-state index contributed by atoms with van der Waals surface area (Å²) in [4.78, 5) is 24.2. The molecule has 0 aromatic heterocycles. The summed E-state index contributed by atoms with van der Waals surface area (Å²) in [5.74, 6) is -1.07. The second kappa shape index (κ2) is 4.97. The van der Waals surface area contributed by atoms with Gasteiger partial charge in [0.05, 0.1) is 18.8 Å². The Morgan fingerprint density at radius 3 is 2.78 bits per heavy atom. The van der Waals surface area contributed by atoms with Gasteiger partial charge in [-0.1, -0.05) is 12.7 Å². The third-order valence-corrected chi connectivity index (χ3v) is 3.49. The summed E-state index contributed by atoms with van der Waals surface area (Å²) in [6, 6.07) is -0.964. The third-order valence-electron chi connectivity index (χ3n) is 3.49. The number of hydrogen-bond donors (Lipinski definition) is 1. The maximum absolute atomic E-state index is 11.8. The monoisotopic (exact) mass is 255 g/mol. The van der Waals surface area contributed by atoms with Crippen LogP contribution in [0.3, 0.4) is 0 Å². The van der Waals surface area contributed by atoms with Crippen LogP contribution in [0.25, 0.3) is 0 Å². The zero-order valence-corrected chi connectivity index (χ0v) is 10.1. The number of carboxylic acids is 1. The first kappa shape index (κ1) is 12.9. The quantitative estimate of drug-likeness (QED) is 0.762. The van der Waals surface area contributed by atoms with Crippen LogP contribution >= 0.6 is 0 Å². The Kier molecular flexibility index (Phi) is 3.56. The maximum atomic E-state index is 11.8. The van der Waals surface area contributed by atoms with Crippen molar-refractivity contribution in [2.24, 2.45) is 0 Å². The van der Waals surface area contributed by atoms with Crippen molar-refractivity contribution in [2.45, 2.75) is 30.9 Å². The van der Waals surface area contributed by atoms with Gasteiger partial charge in [0.1, 0.15) is 6.61 Å². The molecule has 1 aliphatic heterocycles. The van der Waals surface area contributed by atoms with E-state index in [0.29, 0.717) is 6.54 Å². The van der Waals surface area contributed by atoms with Gasteiger partial charge in [-0.15, -0.1) is 0 Å². The summed E-state index contributed by atoms with van der Waals surface area (Å²) in [5.41, 5.74) is -0.348. The highest BCUT2D eigenvalue weighted by Gasteiger charge is 2.48. The molecule has 1 saturated heterocycles. The maximum Gasteiger partial charge on any atom is 0.411 e. The first-order chi connectivity index (χ1) is 8.58. The Morgan fingerprint density at radius 1 is 1.56 bits per heavy atom. The van der Waals surface area contributed by atoms with E-state index in [1.807, 2.05) is 0 Å². The molecule has 1 saturated carbocycles. The molecule has 1 spiro atoms. The highest BCUT2D eigenvalue weighted by molar-refractivity contribution is 5.80. The van der Waals surface area contributed by atoms with Gasteiger partial charge in [-0.2, -0.15) is 0 Å². The minimum Gasteiger partial charge on any atom is -0.480 e. The van der Waals surface area contributed by atoms with Crippen LogP contribution in [0.5, 0.6) is 0 Å². The molecular formula is C12H17NO5. The Bertz CT molecular complexity index is 363. The van der Waals surface area contributed by atoms with Crippen LogP contribution in [0.15, 0.2) is 12.7 Å². The molecule has 1 amide bonds. The molecule has 100 valence electrons. The molecular weight excluding hydrogens is 238 g/mol. The molecule has 6 heteroatoms. The number of carboxylic acid groups (broad SMARTS) is 1. The largest absolute Gasteiger partial charge is 0.480 e. The van der Waals surface area contributed by atoms with Crippen molar-refractivity contribution in [2.75, 3.05) is 19.8 Å². The summed E-state index contributed by atoms with van der Waals surface area (Å²) < 4.78 is 10.5. The topological polar surface area (TPSA) is 76.1 Å². The van der Waals surface area contributed by atoms with E-state index in [1.165, 1.54) is 11.0 Å². The number of morpholine rings is 1. The summed E-state index contributed by atoms with van der Waals surface area (Å²) in [5, 5.41) is 9.09. The van der Waals surface area contributed by atoms with E-state index in [1.54, 1.807) is 0 Å². The lowest BCUT2D eigenvalue weighted by Crippen LogP contribution is -2.63. The predicted molar refractivity (Wildman–Crippen MR) is 62.2 cm³/mol. The minimum absolute atomic E-state index is 0.0263. The molecule has 18 heavy (non-hydrogen) atoms. The fourth-order valence-corrected chi connectivity index (χ4v) is 2.30. The average Bonchev–Trinajstić information content (AvgIpc) is 2.33. The zero-order valence-electron chi connectivity index (χ0n) is 10.1. The molecule has 1 atom stereocenters. The molecule has 1 aliphatic carbocycles. The first-order valence-corrected chi connectivity index (χ1v) is 5.99. The number of amides is 1. The summed E-state index contributed by atoms with van der Waals surface area (Å²) in [6.45, 7) is 3.85. The van der Waals surface area contributed by atoms with E-state index in [0.717, 1.165) is 19.3 Å². The van der Waals surface area contributed by atoms with E-state index in [9.17, 15) is 9.59 Å². The van der Waals surface area contributed by atoms with Crippen molar-refractivity contribution >= 4 is 12.1 Å². The van der Waals surface area contributed by atoms with E-state index in [2.05, 4.69) is 6.58 Å². The minimum atomic E-state index is -1.07. The highest BCUT2D eigenvalue weighted by Crippen LogP contribution is 2.39. The Morgan fingerprint density at radius 2 is 2.28 bits per heavy atom. The number of hydrogen-bond acceptors (Lipinski definition) is 4. The van der Waals surface area contributed by atoms with Crippen LogP contribution in [0.1, 0.15) is 19.3 Å². The van der Waals surface area contributed by atoms with E-state index in [4.69, 9.17) is 14.6 Å².